The van der Waals surface area contributed by atoms with Gasteiger partial charge in [-0.15, -0.1) is 0 Å². The Bertz CT molecular complexity index is 317. The van der Waals surface area contributed by atoms with Gasteiger partial charge in [0.25, 0.3) is 0 Å². The van der Waals surface area contributed by atoms with E-state index in [2.05, 4.69) is 10.6 Å². The molecule has 0 aromatic heterocycles. The maximum atomic E-state index is 13.4. The van der Waals surface area contributed by atoms with Gasteiger partial charge < -0.3 is 15.4 Å². The molecule has 0 aliphatic heterocycles. The first-order chi connectivity index (χ1) is 7.22. The van der Waals surface area contributed by atoms with Crippen molar-refractivity contribution in [1.82, 2.24) is 10.6 Å². The molecule has 4 heteroatoms. The Morgan fingerprint density at radius 2 is 2.13 bits per heavy atom. The summed E-state index contributed by atoms with van der Waals surface area (Å²) in [5, 5.41) is 6.16. The van der Waals surface area contributed by atoms with E-state index in [0.29, 0.717) is 0 Å². The van der Waals surface area contributed by atoms with Gasteiger partial charge in [0, 0.05) is 12.6 Å². The summed E-state index contributed by atoms with van der Waals surface area (Å²) in [6.07, 6.45) is 0. The van der Waals surface area contributed by atoms with Crippen LogP contribution in [-0.2, 0) is 0 Å². The van der Waals surface area contributed by atoms with E-state index in [4.69, 9.17) is 4.74 Å². The first-order valence-corrected chi connectivity index (χ1v) is 4.88. The number of hydrogen-bond donors (Lipinski definition) is 2. The quantitative estimate of drug-likeness (QED) is 0.772. The fraction of sp³-hybridized carbons (Fsp3) is 0.455. The Kier molecular flexibility index (Phi) is 4.52. The van der Waals surface area contributed by atoms with Gasteiger partial charge in [-0.2, -0.15) is 0 Å². The lowest BCUT2D eigenvalue weighted by Crippen LogP contribution is -2.27. The molecule has 2 N–H and O–H groups in total. The maximum Gasteiger partial charge on any atom is 0.165 e. The lowest BCUT2D eigenvalue weighted by Gasteiger charge is -2.16. The number of hydrogen-bond acceptors (Lipinski definition) is 3. The van der Waals surface area contributed by atoms with Gasteiger partial charge in [0.1, 0.15) is 0 Å². The highest BCUT2D eigenvalue weighted by molar-refractivity contribution is 5.31. The number of likely N-dealkylation sites (N-methyl/N-ethyl adjacent to an activating group) is 2. The van der Waals surface area contributed by atoms with E-state index >= 15 is 0 Å². The summed E-state index contributed by atoms with van der Waals surface area (Å²) in [5.41, 5.74) is 0.908. The second kappa shape index (κ2) is 5.68. The molecule has 0 aliphatic rings. The van der Waals surface area contributed by atoms with Crippen LogP contribution in [0.25, 0.3) is 0 Å². The van der Waals surface area contributed by atoms with Crippen molar-refractivity contribution in [3.05, 3.63) is 29.6 Å². The lowest BCUT2D eigenvalue weighted by molar-refractivity contribution is 0.385. The molecule has 1 rings (SSSR count). The Labute approximate surface area is 89.6 Å². The fourth-order valence-electron chi connectivity index (χ4n) is 1.49. The third-order valence-electron chi connectivity index (χ3n) is 2.33. The van der Waals surface area contributed by atoms with Crippen LogP contribution in [0.4, 0.5) is 4.39 Å². The zero-order valence-electron chi connectivity index (χ0n) is 9.30. The smallest absolute Gasteiger partial charge is 0.165 e. The van der Waals surface area contributed by atoms with Gasteiger partial charge >= 0.3 is 0 Å². The number of rotatable bonds is 5. The van der Waals surface area contributed by atoms with E-state index in [1.54, 1.807) is 6.07 Å². The molecule has 15 heavy (non-hydrogen) atoms. The Morgan fingerprint density at radius 3 is 2.60 bits per heavy atom. The van der Waals surface area contributed by atoms with Gasteiger partial charge in [0.05, 0.1) is 7.11 Å². The molecule has 0 saturated heterocycles. The second-order valence-corrected chi connectivity index (χ2v) is 3.29. The van der Waals surface area contributed by atoms with Crippen LogP contribution in [0.15, 0.2) is 18.2 Å². The van der Waals surface area contributed by atoms with Crippen molar-refractivity contribution in [3.63, 3.8) is 0 Å². The highest BCUT2D eigenvalue weighted by Gasteiger charge is 2.10. The highest BCUT2D eigenvalue weighted by atomic mass is 19.1. The van der Waals surface area contributed by atoms with Crippen molar-refractivity contribution >= 4 is 0 Å². The number of benzene rings is 1. The summed E-state index contributed by atoms with van der Waals surface area (Å²) in [6, 6.07) is 5.11. The molecule has 0 fully saturated rings. The Morgan fingerprint density at radius 1 is 1.40 bits per heavy atom. The van der Waals surface area contributed by atoms with Crippen LogP contribution in [0.5, 0.6) is 5.75 Å². The lowest BCUT2D eigenvalue weighted by atomic mass is 10.1. The minimum absolute atomic E-state index is 0.107. The van der Waals surface area contributed by atoms with Gasteiger partial charge in [-0.05, 0) is 31.8 Å². The predicted octanol–water partition coefficient (Wildman–Crippen LogP) is 1.31. The van der Waals surface area contributed by atoms with Crippen molar-refractivity contribution in [3.8, 4) is 5.75 Å². The SMILES string of the molecule is CNCC(NC)c1ccc(OC)c(F)c1. The molecule has 0 heterocycles. The molecule has 1 unspecified atom stereocenters. The summed E-state index contributed by atoms with van der Waals surface area (Å²) in [5.74, 6) is -0.0515. The maximum absolute atomic E-state index is 13.4. The first-order valence-electron chi connectivity index (χ1n) is 4.88. The van der Waals surface area contributed by atoms with Gasteiger partial charge in [0.2, 0.25) is 0 Å². The van der Waals surface area contributed by atoms with E-state index in [1.165, 1.54) is 13.2 Å². The van der Waals surface area contributed by atoms with Crippen LogP contribution in [0.1, 0.15) is 11.6 Å². The second-order valence-electron chi connectivity index (χ2n) is 3.29. The molecule has 0 spiro atoms. The zero-order chi connectivity index (χ0) is 11.3. The molecule has 3 nitrogen and oxygen atoms in total. The molecule has 0 radical (unpaired) electrons. The summed E-state index contributed by atoms with van der Waals surface area (Å²) in [6.45, 7) is 0.752. The third kappa shape index (κ3) is 2.91. The van der Waals surface area contributed by atoms with Crippen molar-refractivity contribution in [2.24, 2.45) is 0 Å². The third-order valence-corrected chi connectivity index (χ3v) is 2.33. The van der Waals surface area contributed by atoms with Crippen LogP contribution in [0.2, 0.25) is 0 Å². The van der Waals surface area contributed by atoms with Crippen molar-refractivity contribution in [2.75, 3.05) is 27.7 Å². The Hall–Kier alpha value is -1.13. The summed E-state index contributed by atoms with van der Waals surface area (Å²) >= 11 is 0. The number of nitrogens with one attached hydrogen (secondary N) is 2. The summed E-state index contributed by atoms with van der Waals surface area (Å²) in [7, 11) is 5.18. The summed E-state index contributed by atoms with van der Waals surface area (Å²) in [4.78, 5) is 0. The predicted molar refractivity (Wildman–Crippen MR) is 58.7 cm³/mol. The van der Waals surface area contributed by atoms with Crippen LogP contribution in [0.3, 0.4) is 0 Å². The van der Waals surface area contributed by atoms with Gasteiger partial charge in [-0.3, -0.25) is 0 Å². The molecule has 1 aromatic rings. The van der Waals surface area contributed by atoms with E-state index < -0.39 is 0 Å². The Balaban J connectivity index is 2.89. The van der Waals surface area contributed by atoms with Crippen LogP contribution >= 0.6 is 0 Å². The van der Waals surface area contributed by atoms with E-state index in [1.807, 2.05) is 20.2 Å². The van der Waals surface area contributed by atoms with E-state index in [0.717, 1.165) is 12.1 Å². The van der Waals surface area contributed by atoms with Crippen molar-refractivity contribution in [2.45, 2.75) is 6.04 Å². The normalized spacial score (nSPS) is 12.5. The standard InChI is InChI=1S/C11H17FN2O/c1-13-7-10(14-2)8-4-5-11(15-3)9(12)6-8/h4-6,10,13-14H,7H2,1-3H3. The largest absolute Gasteiger partial charge is 0.494 e. The molecule has 0 amide bonds. The van der Waals surface area contributed by atoms with Crippen molar-refractivity contribution < 1.29 is 9.13 Å². The first kappa shape index (κ1) is 11.9. The molecule has 0 saturated carbocycles. The number of halogens is 1. The average Bonchev–Trinajstić information content (AvgIpc) is 2.25. The zero-order valence-corrected chi connectivity index (χ0v) is 9.30. The molecular formula is C11H17FN2O. The molecule has 1 aromatic carbocycles. The molecule has 0 bridgehead atoms. The van der Waals surface area contributed by atoms with Crippen LogP contribution in [-0.4, -0.2) is 27.7 Å². The van der Waals surface area contributed by atoms with Gasteiger partial charge in [0.15, 0.2) is 11.6 Å². The van der Waals surface area contributed by atoms with Gasteiger partial charge in [-0.1, -0.05) is 6.07 Å². The number of methoxy groups -OCH3 is 1. The minimum atomic E-state index is -0.327. The fourth-order valence-corrected chi connectivity index (χ4v) is 1.49. The molecular weight excluding hydrogens is 195 g/mol. The minimum Gasteiger partial charge on any atom is -0.494 e. The van der Waals surface area contributed by atoms with Crippen molar-refractivity contribution in [1.29, 1.82) is 0 Å². The van der Waals surface area contributed by atoms with Crippen LogP contribution in [0, 0.1) is 5.82 Å². The van der Waals surface area contributed by atoms with E-state index in [9.17, 15) is 4.39 Å². The number of ether oxygens (including phenoxy) is 1. The monoisotopic (exact) mass is 212 g/mol. The molecule has 0 aliphatic carbocycles. The highest BCUT2D eigenvalue weighted by Crippen LogP contribution is 2.21. The topological polar surface area (TPSA) is 33.3 Å². The average molecular weight is 212 g/mol. The van der Waals surface area contributed by atoms with E-state index in [-0.39, 0.29) is 17.6 Å². The van der Waals surface area contributed by atoms with Crippen LogP contribution < -0.4 is 15.4 Å². The molecule has 84 valence electrons. The molecule has 1 atom stereocenters. The van der Waals surface area contributed by atoms with Gasteiger partial charge in [-0.25, -0.2) is 4.39 Å². The summed E-state index contributed by atoms with van der Waals surface area (Å²) < 4.78 is 18.3.